The molecular formula is C18H19ClO3S. The van der Waals surface area contributed by atoms with Crippen LogP contribution >= 0.6 is 23.4 Å². The fourth-order valence-corrected chi connectivity index (χ4v) is 2.76. The molecule has 23 heavy (non-hydrogen) atoms. The number of allylic oxidation sites excluding steroid dienone is 3. The van der Waals surface area contributed by atoms with Gasteiger partial charge in [0.15, 0.2) is 0 Å². The fourth-order valence-electron chi connectivity index (χ4n) is 1.69. The maximum atomic E-state index is 11.8. The Balaban J connectivity index is 3.07. The molecule has 1 rings (SSSR count). The van der Waals surface area contributed by atoms with Gasteiger partial charge in [0.05, 0.1) is 26.1 Å². The highest BCUT2D eigenvalue weighted by molar-refractivity contribution is 8.03. The Hall–Kier alpha value is -1.91. The number of thioether (sulfide) groups is 1. The highest BCUT2D eigenvalue weighted by Crippen LogP contribution is 2.30. The highest BCUT2D eigenvalue weighted by atomic mass is 35.5. The summed E-state index contributed by atoms with van der Waals surface area (Å²) in [6.07, 6.45) is 6.81. The molecule has 0 aliphatic carbocycles. The van der Waals surface area contributed by atoms with Crippen LogP contribution in [0.1, 0.15) is 6.92 Å². The summed E-state index contributed by atoms with van der Waals surface area (Å²) in [5, 5.41) is 0.686. The van der Waals surface area contributed by atoms with E-state index in [1.807, 2.05) is 43.3 Å². The van der Waals surface area contributed by atoms with E-state index in [0.29, 0.717) is 10.6 Å². The minimum absolute atomic E-state index is 0.363. The average Bonchev–Trinajstić information content (AvgIpc) is 2.54. The van der Waals surface area contributed by atoms with Gasteiger partial charge in [-0.15, -0.1) is 0 Å². The third-order valence-electron chi connectivity index (χ3n) is 2.76. The van der Waals surface area contributed by atoms with E-state index in [2.05, 4.69) is 6.58 Å². The Kier molecular flexibility index (Phi) is 8.30. The Bertz CT molecular complexity index is 643. The average molecular weight is 351 g/mol. The van der Waals surface area contributed by atoms with Crippen molar-refractivity contribution in [3.8, 4) is 0 Å². The molecule has 0 saturated heterocycles. The molecule has 5 heteroatoms. The van der Waals surface area contributed by atoms with Gasteiger partial charge in [-0.3, -0.25) is 0 Å². The Morgan fingerprint density at radius 2 is 1.91 bits per heavy atom. The molecule has 122 valence electrons. The van der Waals surface area contributed by atoms with E-state index < -0.39 is 5.97 Å². The second-order valence-electron chi connectivity index (χ2n) is 4.45. The quantitative estimate of drug-likeness (QED) is 0.224. The van der Waals surface area contributed by atoms with Crippen molar-refractivity contribution in [1.82, 2.24) is 0 Å². The second-order valence-corrected chi connectivity index (χ2v) is 6.03. The van der Waals surface area contributed by atoms with Gasteiger partial charge in [-0.1, -0.05) is 36.0 Å². The van der Waals surface area contributed by atoms with Gasteiger partial charge in [-0.2, -0.15) is 0 Å². The minimum Gasteiger partial charge on any atom is -0.503 e. The number of methoxy groups -OCH3 is 2. The molecule has 0 atom stereocenters. The van der Waals surface area contributed by atoms with Crippen molar-refractivity contribution in [2.75, 3.05) is 14.2 Å². The van der Waals surface area contributed by atoms with E-state index in [-0.39, 0.29) is 0 Å². The van der Waals surface area contributed by atoms with Gasteiger partial charge < -0.3 is 9.47 Å². The summed E-state index contributed by atoms with van der Waals surface area (Å²) < 4.78 is 9.73. The third-order valence-corrected chi connectivity index (χ3v) is 4.01. The second kappa shape index (κ2) is 9.98. The van der Waals surface area contributed by atoms with E-state index in [9.17, 15) is 4.79 Å². The standard InChI is InChI=1S/C18H19ClO3S/c1-5-6-16(23-15-9-7-14(19)8-10-15)11-13(2)17(12-21-3)18(20)22-4/h5-12H,1H2,2-4H3/b13-11+,16-6+,17-12+. The van der Waals surface area contributed by atoms with Gasteiger partial charge in [-0.05, 0) is 48.9 Å². The molecule has 0 fully saturated rings. The zero-order valence-corrected chi connectivity index (χ0v) is 14.9. The van der Waals surface area contributed by atoms with Crippen molar-refractivity contribution in [1.29, 1.82) is 0 Å². The smallest absolute Gasteiger partial charge is 0.341 e. The van der Waals surface area contributed by atoms with Crippen molar-refractivity contribution in [2.24, 2.45) is 0 Å². The number of hydrogen-bond acceptors (Lipinski definition) is 4. The monoisotopic (exact) mass is 350 g/mol. The van der Waals surface area contributed by atoms with Gasteiger partial charge in [-0.25, -0.2) is 4.79 Å². The number of carbonyl (C=O) groups is 1. The van der Waals surface area contributed by atoms with E-state index >= 15 is 0 Å². The Morgan fingerprint density at radius 3 is 2.43 bits per heavy atom. The summed E-state index contributed by atoms with van der Waals surface area (Å²) in [5.74, 6) is -0.449. The molecule has 0 unspecified atom stereocenters. The summed E-state index contributed by atoms with van der Waals surface area (Å²) in [4.78, 5) is 13.8. The van der Waals surface area contributed by atoms with Crippen LogP contribution in [0.5, 0.6) is 0 Å². The van der Waals surface area contributed by atoms with Crippen LogP contribution in [0, 0.1) is 0 Å². The molecule has 0 spiro atoms. The predicted octanol–water partition coefficient (Wildman–Crippen LogP) is 5.15. The number of ether oxygens (including phenoxy) is 2. The molecule has 0 bridgehead atoms. The summed E-state index contributed by atoms with van der Waals surface area (Å²) in [7, 11) is 2.82. The molecule has 1 aromatic carbocycles. The summed E-state index contributed by atoms with van der Waals surface area (Å²) in [5.41, 5.74) is 1.09. The van der Waals surface area contributed by atoms with Gasteiger partial charge in [0.1, 0.15) is 0 Å². The molecule has 0 heterocycles. The van der Waals surface area contributed by atoms with Crippen molar-refractivity contribution >= 4 is 29.3 Å². The van der Waals surface area contributed by atoms with Crippen LogP contribution in [-0.2, 0) is 14.3 Å². The first-order valence-electron chi connectivity index (χ1n) is 6.78. The summed E-state index contributed by atoms with van der Waals surface area (Å²) >= 11 is 7.44. The lowest BCUT2D eigenvalue weighted by molar-refractivity contribution is -0.135. The topological polar surface area (TPSA) is 35.5 Å². The van der Waals surface area contributed by atoms with Crippen LogP contribution in [0.25, 0.3) is 0 Å². The number of carbonyl (C=O) groups excluding carboxylic acids is 1. The highest BCUT2D eigenvalue weighted by Gasteiger charge is 2.13. The number of hydrogen-bond donors (Lipinski definition) is 0. The van der Waals surface area contributed by atoms with Crippen LogP contribution in [0.15, 0.2) is 76.3 Å². The number of halogens is 1. The first kappa shape index (κ1) is 19.1. The predicted molar refractivity (Wildman–Crippen MR) is 96.5 cm³/mol. The molecule has 0 amide bonds. The SMILES string of the molecule is C=C\C=C(/C=C(C)/C(=C\OC)C(=O)OC)Sc1ccc(Cl)cc1. The Morgan fingerprint density at radius 1 is 1.26 bits per heavy atom. The molecule has 0 aromatic heterocycles. The zero-order valence-electron chi connectivity index (χ0n) is 13.3. The van der Waals surface area contributed by atoms with Gasteiger partial charge in [0.25, 0.3) is 0 Å². The maximum Gasteiger partial charge on any atom is 0.341 e. The fraction of sp³-hybridized carbons (Fsp3) is 0.167. The largest absolute Gasteiger partial charge is 0.503 e. The van der Waals surface area contributed by atoms with E-state index in [1.165, 1.54) is 32.2 Å². The zero-order chi connectivity index (χ0) is 17.2. The van der Waals surface area contributed by atoms with Crippen LogP contribution in [0.2, 0.25) is 5.02 Å². The van der Waals surface area contributed by atoms with Gasteiger partial charge in [0, 0.05) is 14.8 Å². The maximum absolute atomic E-state index is 11.8. The van der Waals surface area contributed by atoms with Crippen LogP contribution in [0.3, 0.4) is 0 Å². The van der Waals surface area contributed by atoms with Crippen LogP contribution in [-0.4, -0.2) is 20.2 Å². The van der Waals surface area contributed by atoms with Crippen molar-refractivity contribution in [3.63, 3.8) is 0 Å². The van der Waals surface area contributed by atoms with Gasteiger partial charge in [0.2, 0.25) is 0 Å². The summed E-state index contributed by atoms with van der Waals surface area (Å²) in [6, 6.07) is 7.52. The molecule has 0 N–H and O–H groups in total. The van der Waals surface area contributed by atoms with Gasteiger partial charge >= 0.3 is 5.97 Å². The lowest BCUT2D eigenvalue weighted by Crippen LogP contribution is -2.06. The molecular weight excluding hydrogens is 332 g/mol. The third kappa shape index (κ3) is 6.38. The molecule has 3 nitrogen and oxygen atoms in total. The van der Waals surface area contributed by atoms with E-state index in [1.54, 1.807) is 6.08 Å². The lowest BCUT2D eigenvalue weighted by Gasteiger charge is -2.08. The van der Waals surface area contributed by atoms with Crippen LogP contribution < -0.4 is 0 Å². The molecule has 0 aliphatic rings. The molecule has 0 radical (unpaired) electrons. The van der Waals surface area contributed by atoms with Crippen molar-refractivity contribution in [3.05, 3.63) is 76.4 Å². The minimum atomic E-state index is -0.449. The van der Waals surface area contributed by atoms with Crippen molar-refractivity contribution in [2.45, 2.75) is 11.8 Å². The molecule has 0 saturated carbocycles. The molecule has 0 aliphatic heterocycles. The number of rotatable bonds is 7. The first-order valence-corrected chi connectivity index (χ1v) is 7.97. The lowest BCUT2D eigenvalue weighted by atomic mass is 10.1. The number of benzene rings is 1. The molecule has 1 aromatic rings. The summed E-state index contributed by atoms with van der Waals surface area (Å²) in [6.45, 7) is 5.55. The number of esters is 1. The normalized spacial score (nSPS) is 12.8. The first-order chi connectivity index (χ1) is 11.0. The Labute approximate surface area is 146 Å². The van der Waals surface area contributed by atoms with Crippen molar-refractivity contribution < 1.29 is 14.3 Å². The van der Waals surface area contributed by atoms with E-state index in [4.69, 9.17) is 21.1 Å². The van der Waals surface area contributed by atoms with Crippen LogP contribution in [0.4, 0.5) is 0 Å². The van der Waals surface area contributed by atoms with E-state index in [0.717, 1.165) is 15.4 Å².